The summed E-state index contributed by atoms with van der Waals surface area (Å²) in [6.07, 6.45) is 0. The summed E-state index contributed by atoms with van der Waals surface area (Å²) in [6, 6.07) is 13.0. The predicted molar refractivity (Wildman–Crippen MR) is 111 cm³/mol. The molecule has 4 aromatic rings. The lowest BCUT2D eigenvalue weighted by Crippen LogP contribution is -2.11. The second kappa shape index (κ2) is 7.75. The van der Waals surface area contributed by atoms with E-state index in [-0.39, 0.29) is 5.91 Å². The van der Waals surface area contributed by atoms with Gasteiger partial charge in [0, 0.05) is 26.6 Å². The van der Waals surface area contributed by atoms with Gasteiger partial charge in [-0.25, -0.2) is 9.97 Å². The molecule has 0 aliphatic carbocycles. The van der Waals surface area contributed by atoms with Gasteiger partial charge in [-0.2, -0.15) is 0 Å². The molecule has 0 radical (unpaired) electrons. The van der Waals surface area contributed by atoms with E-state index in [2.05, 4.69) is 15.3 Å². The van der Waals surface area contributed by atoms with Crippen LogP contribution in [0.2, 0.25) is 5.02 Å². The Hall–Kier alpha value is -1.93. The van der Waals surface area contributed by atoms with Gasteiger partial charge in [0.2, 0.25) is 0 Å². The van der Waals surface area contributed by atoms with Crippen LogP contribution in [0.1, 0.15) is 16.1 Å². The highest BCUT2D eigenvalue weighted by Crippen LogP contribution is 2.29. The molecule has 0 aliphatic heterocycles. The number of hydrogen-bond acceptors (Lipinski definition) is 6. The third kappa shape index (κ3) is 4.07. The van der Waals surface area contributed by atoms with Crippen LogP contribution in [0.5, 0.6) is 0 Å². The molecule has 0 spiro atoms. The van der Waals surface area contributed by atoms with E-state index in [9.17, 15) is 4.79 Å². The summed E-state index contributed by atoms with van der Waals surface area (Å²) in [5, 5.41) is 6.11. The van der Waals surface area contributed by atoms with Crippen molar-refractivity contribution in [2.45, 2.75) is 10.6 Å². The van der Waals surface area contributed by atoms with Crippen LogP contribution in [-0.4, -0.2) is 15.9 Å². The number of halogens is 1. The quantitative estimate of drug-likeness (QED) is 0.407. The predicted octanol–water partition coefficient (Wildman–Crippen LogP) is 5.95. The molecule has 0 bridgehead atoms. The lowest BCUT2D eigenvalue weighted by Gasteiger charge is -2.03. The summed E-state index contributed by atoms with van der Waals surface area (Å²) >= 11 is 10.7. The zero-order valence-electron chi connectivity index (χ0n) is 13.3. The van der Waals surface area contributed by atoms with Crippen LogP contribution in [-0.2, 0) is 5.75 Å². The Balaban J connectivity index is 1.42. The molecule has 2 aromatic heterocycles. The molecular formula is C18H12ClN3OS3. The summed E-state index contributed by atoms with van der Waals surface area (Å²) in [5.74, 6) is 0.648. The van der Waals surface area contributed by atoms with Gasteiger partial charge < -0.3 is 0 Å². The van der Waals surface area contributed by atoms with E-state index in [0.717, 1.165) is 26.6 Å². The van der Waals surface area contributed by atoms with Crippen molar-refractivity contribution in [3.63, 3.8) is 0 Å². The van der Waals surface area contributed by atoms with Crippen LogP contribution >= 0.6 is 46.0 Å². The van der Waals surface area contributed by atoms with Gasteiger partial charge in [-0.05, 0) is 42.5 Å². The molecule has 0 unspecified atom stereocenters. The Morgan fingerprint density at radius 3 is 2.81 bits per heavy atom. The SMILES string of the molecule is O=C(Nc1nc2ccc(Cl)cc2s1)c1ccc(SCc2cscn2)cc1. The van der Waals surface area contributed by atoms with E-state index < -0.39 is 0 Å². The van der Waals surface area contributed by atoms with Gasteiger partial charge in [0.15, 0.2) is 5.13 Å². The van der Waals surface area contributed by atoms with E-state index in [1.807, 2.05) is 47.3 Å². The highest BCUT2D eigenvalue weighted by atomic mass is 35.5. The fourth-order valence-electron chi connectivity index (χ4n) is 2.29. The smallest absolute Gasteiger partial charge is 0.257 e. The standard InChI is InChI=1S/C18H12ClN3OS3/c19-12-3-6-15-16(7-12)26-18(21-15)22-17(23)11-1-4-14(5-2-11)25-9-13-8-24-10-20-13/h1-8,10H,9H2,(H,21,22,23). The molecule has 0 aliphatic rings. The van der Waals surface area contributed by atoms with E-state index in [1.54, 1.807) is 29.2 Å². The maximum atomic E-state index is 12.4. The van der Waals surface area contributed by atoms with Crippen LogP contribution in [0.25, 0.3) is 10.2 Å². The molecule has 0 saturated heterocycles. The Morgan fingerprint density at radius 1 is 1.19 bits per heavy atom. The lowest BCUT2D eigenvalue weighted by molar-refractivity contribution is 0.102. The van der Waals surface area contributed by atoms with Crippen LogP contribution in [0.15, 0.2) is 58.3 Å². The first-order valence-corrected chi connectivity index (χ1v) is 10.8. The number of rotatable bonds is 5. The maximum absolute atomic E-state index is 12.4. The van der Waals surface area contributed by atoms with Gasteiger partial charge in [0.05, 0.1) is 21.4 Å². The van der Waals surface area contributed by atoms with Crippen molar-refractivity contribution in [3.05, 3.63) is 69.6 Å². The van der Waals surface area contributed by atoms with Crippen molar-refractivity contribution < 1.29 is 4.79 Å². The van der Waals surface area contributed by atoms with Gasteiger partial charge in [0.1, 0.15) is 0 Å². The molecule has 0 fully saturated rings. The van der Waals surface area contributed by atoms with Crippen molar-refractivity contribution in [1.82, 2.24) is 9.97 Å². The number of nitrogens with one attached hydrogen (secondary N) is 1. The first-order valence-electron chi connectivity index (χ1n) is 7.65. The number of carbonyl (C=O) groups is 1. The number of nitrogens with zero attached hydrogens (tertiary/aromatic N) is 2. The number of thioether (sulfide) groups is 1. The summed E-state index contributed by atoms with van der Waals surface area (Å²) in [4.78, 5) is 22.2. The molecule has 0 saturated carbocycles. The first kappa shape index (κ1) is 17.5. The lowest BCUT2D eigenvalue weighted by atomic mass is 10.2. The molecule has 0 atom stereocenters. The number of thiazole rings is 2. The van der Waals surface area contributed by atoms with Crippen molar-refractivity contribution in [3.8, 4) is 0 Å². The van der Waals surface area contributed by atoms with Gasteiger partial charge in [0.25, 0.3) is 5.91 Å². The summed E-state index contributed by atoms with van der Waals surface area (Å²) in [7, 11) is 0. The largest absolute Gasteiger partial charge is 0.298 e. The van der Waals surface area contributed by atoms with Gasteiger partial charge in [-0.3, -0.25) is 10.1 Å². The number of amides is 1. The van der Waals surface area contributed by atoms with Crippen molar-refractivity contribution >= 4 is 67.3 Å². The molecule has 8 heteroatoms. The number of fused-ring (bicyclic) bond motifs is 1. The number of benzene rings is 2. The summed E-state index contributed by atoms with van der Waals surface area (Å²) in [5.41, 5.74) is 4.32. The van der Waals surface area contributed by atoms with Crippen LogP contribution < -0.4 is 5.32 Å². The molecule has 1 amide bonds. The van der Waals surface area contributed by atoms with Crippen molar-refractivity contribution in [2.24, 2.45) is 0 Å². The first-order chi connectivity index (χ1) is 12.7. The molecular weight excluding hydrogens is 406 g/mol. The van der Waals surface area contributed by atoms with Crippen LogP contribution in [0, 0.1) is 0 Å². The number of aromatic nitrogens is 2. The average molecular weight is 418 g/mol. The second-order valence-corrected chi connectivity index (χ2v) is 8.61. The molecule has 4 rings (SSSR count). The zero-order chi connectivity index (χ0) is 17.9. The van der Waals surface area contributed by atoms with Gasteiger partial charge in [-0.15, -0.1) is 23.1 Å². The highest BCUT2D eigenvalue weighted by Gasteiger charge is 2.10. The fraction of sp³-hybridized carbons (Fsp3) is 0.0556. The fourth-order valence-corrected chi connectivity index (χ4v) is 4.89. The molecule has 130 valence electrons. The Labute approximate surface area is 167 Å². The van der Waals surface area contributed by atoms with E-state index >= 15 is 0 Å². The van der Waals surface area contributed by atoms with Crippen LogP contribution in [0.4, 0.5) is 5.13 Å². The van der Waals surface area contributed by atoms with E-state index in [0.29, 0.717) is 15.7 Å². The topological polar surface area (TPSA) is 54.9 Å². The maximum Gasteiger partial charge on any atom is 0.257 e. The number of anilines is 1. The van der Waals surface area contributed by atoms with E-state index in [4.69, 9.17) is 11.6 Å². The minimum absolute atomic E-state index is 0.175. The minimum atomic E-state index is -0.175. The third-order valence-electron chi connectivity index (χ3n) is 3.56. The van der Waals surface area contributed by atoms with Gasteiger partial charge >= 0.3 is 0 Å². The highest BCUT2D eigenvalue weighted by molar-refractivity contribution is 7.98. The monoisotopic (exact) mass is 417 g/mol. The second-order valence-electron chi connectivity index (χ2n) is 5.38. The Morgan fingerprint density at radius 2 is 2.04 bits per heavy atom. The third-order valence-corrected chi connectivity index (χ3v) is 6.41. The Kier molecular flexibility index (Phi) is 5.21. The van der Waals surface area contributed by atoms with Gasteiger partial charge in [-0.1, -0.05) is 22.9 Å². The molecule has 4 nitrogen and oxygen atoms in total. The average Bonchev–Trinajstić information content (AvgIpc) is 3.29. The number of carbonyl (C=O) groups excluding carboxylic acids is 1. The van der Waals surface area contributed by atoms with Crippen LogP contribution in [0.3, 0.4) is 0 Å². The summed E-state index contributed by atoms with van der Waals surface area (Å²) in [6.45, 7) is 0. The zero-order valence-corrected chi connectivity index (χ0v) is 16.5. The normalized spacial score (nSPS) is 11.0. The number of hydrogen-bond donors (Lipinski definition) is 1. The minimum Gasteiger partial charge on any atom is -0.298 e. The Bertz CT molecular complexity index is 1050. The van der Waals surface area contributed by atoms with Crippen molar-refractivity contribution in [1.29, 1.82) is 0 Å². The molecule has 2 heterocycles. The van der Waals surface area contributed by atoms with Crippen molar-refractivity contribution in [2.75, 3.05) is 5.32 Å². The summed E-state index contributed by atoms with van der Waals surface area (Å²) < 4.78 is 0.946. The molecule has 1 N–H and O–H groups in total. The molecule has 26 heavy (non-hydrogen) atoms. The van der Waals surface area contributed by atoms with E-state index in [1.165, 1.54) is 11.3 Å². The molecule has 2 aromatic carbocycles.